The number of hydrogen-bond acceptors (Lipinski definition) is 6. The molecule has 2 fully saturated rings. The van der Waals surface area contributed by atoms with Crippen LogP contribution in [0.25, 0.3) is 0 Å². The highest BCUT2D eigenvalue weighted by atomic mass is 35.5. The molecular weight excluding hydrogens is 536 g/mol. The molecule has 0 radical (unpaired) electrons. The van der Waals surface area contributed by atoms with Gasteiger partial charge in [-0.05, 0) is 62.3 Å². The van der Waals surface area contributed by atoms with E-state index in [1.165, 1.54) is 50.3 Å². The van der Waals surface area contributed by atoms with E-state index in [0.717, 1.165) is 51.3 Å². The van der Waals surface area contributed by atoms with E-state index < -0.39 is 0 Å². The number of allylic oxidation sites excluding steroid dienone is 2. The summed E-state index contributed by atoms with van der Waals surface area (Å²) in [6.45, 7) is 12.3. The third-order valence-electron chi connectivity index (χ3n) is 8.12. The predicted molar refractivity (Wildman–Crippen MR) is 167 cm³/mol. The number of anilines is 2. The molecule has 1 N–H and O–H groups in total. The Bertz CT molecular complexity index is 1470. The fraction of sp³-hybridized carbons (Fsp3) is 0.344. The number of nitrogens with one attached hydrogen (secondary N) is 1. The van der Waals surface area contributed by atoms with Crippen LogP contribution in [-0.4, -0.2) is 27.6 Å². The third-order valence-corrected chi connectivity index (χ3v) is 9.62. The first-order chi connectivity index (χ1) is 19.4. The van der Waals surface area contributed by atoms with Crippen LogP contribution in [-0.2, 0) is 7.05 Å². The molecule has 1 spiro atoms. The van der Waals surface area contributed by atoms with Crippen molar-refractivity contribution in [3.63, 3.8) is 0 Å². The van der Waals surface area contributed by atoms with E-state index >= 15 is 0 Å². The zero-order chi connectivity index (χ0) is 28.1. The van der Waals surface area contributed by atoms with Crippen LogP contribution in [0.1, 0.15) is 45.4 Å². The van der Waals surface area contributed by atoms with Crippen molar-refractivity contribution in [1.82, 2.24) is 14.5 Å². The lowest BCUT2D eigenvalue weighted by molar-refractivity contribution is 0.226. The summed E-state index contributed by atoms with van der Waals surface area (Å²) in [5, 5.41) is 4.77. The minimum absolute atomic E-state index is 0.594. The van der Waals surface area contributed by atoms with Gasteiger partial charge in [-0.1, -0.05) is 67.6 Å². The third kappa shape index (κ3) is 6.37. The van der Waals surface area contributed by atoms with E-state index in [0.29, 0.717) is 16.1 Å². The summed E-state index contributed by atoms with van der Waals surface area (Å²) in [6.07, 6.45) is 15.6. The summed E-state index contributed by atoms with van der Waals surface area (Å²) in [4.78, 5) is 17.5. The van der Waals surface area contributed by atoms with Crippen LogP contribution in [0, 0.1) is 5.41 Å². The van der Waals surface area contributed by atoms with Gasteiger partial charge in [0.25, 0.3) is 0 Å². The molecule has 0 atom stereocenters. The molecule has 40 heavy (non-hydrogen) atoms. The summed E-state index contributed by atoms with van der Waals surface area (Å²) in [5.74, 6) is 0.962. The lowest BCUT2D eigenvalue weighted by Gasteiger charge is -2.39. The Kier molecular flexibility index (Phi) is 8.81. The molecule has 2 aromatic heterocycles. The van der Waals surface area contributed by atoms with Gasteiger partial charge in [-0.25, -0.2) is 15.0 Å². The first kappa shape index (κ1) is 28.2. The molecule has 1 aliphatic heterocycles. The monoisotopic (exact) mass is 572 g/mol. The van der Waals surface area contributed by atoms with Gasteiger partial charge >= 0.3 is 0 Å². The molecule has 8 heteroatoms. The minimum Gasteiger partial charge on any atom is -0.355 e. The highest BCUT2D eigenvalue weighted by Gasteiger charge is 2.37. The minimum atomic E-state index is 0.594. The van der Waals surface area contributed by atoms with Crippen LogP contribution in [0.2, 0.25) is 5.02 Å². The number of nitrogens with zero attached hydrogens (tertiary/aromatic N) is 5. The molecule has 2 aliphatic rings. The lowest BCUT2D eigenvalue weighted by atomic mass is 9.77. The smallest absolute Gasteiger partial charge is 0.147 e. The number of aryl methyl sites for hydroxylation is 1. The summed E-state index contributed by atoms with van der Waals surface area (Å²) >= 11 is 8.35. The normalized spacial score (nSPS) is 17.6. The largest absolute Gasteiger partial charge is 0.355 e. The van der Waals surface area contributed by atoms with Crippen LogP contribution >= 0.6 is 23.4 Å². The van der Waals surface area contributed by atoms with Crippen molar-refractivity contribution in [1.29, 1.82) is 0 Å². The zero-order valence-electron chi connectivity index (χ0n) is 23.4. The molecule has 0 bridgehead atoms. The van der Waals surface area contributed by atoms with Gasteiger partial charge < -0.3 is 14.8 Å². The Hall–Kier alpha value is -3.29. The van der Waals surface area contributed by atoms with Crippen molar-refractivity contribution in [3.05, 3.63) is 102 Å². The van der Waals surface area contributed by atoms with E-state index in [1.54, 1.807) is 6.08 Å². The van der Waals surface area contributed by atoms with Crippen LogP contribution < -0.4 is 15.7 Å². The molecule has 1 aliphatic carbocycles. The van der Waals surface area contributed by atoms with E-state index in [9.17, 15) is 0 Å². The van der Waals surface area contributed by atoms with Gasteiger partial charge in [-0.15, -0.1) is 0 Å². The molecule has 208 valence electrons. The highest BCUT2D eigenvalue weighted by molar-refractivity contribution is 7.99. The van der Waals surface area contributed by atoms with Gasteiger partial charge in [-0.2, -0.15) is 0 Å². The molecule has 5 rings (SSSR count). The first-order valence-corrected chi connectivity index (χ1v) is 15.1. The van der Waals surface area contributed by atoms with Crippen molar-refractivity contribution < 1.29 is 0 Å². The highest BCUT2D eigenvalue weighted by Crippen LogP contribution is 2.46. The van der Waals surface area contributed by atoms with Crippen LogP contribution in [0.5, 0.6) is 0 Å². The Labute approximate surface area is 246 Å². The number of rotatable bonds is 8. The van der Waals surface area contributed by atoms with Gasteiger partial charge in [0.2, 0.25) is 0 Å². The molecule has 1 saturated carbocycles. The van der Waals surface area contributed by atoms with Gasteiger partial charge in [0.15, 0.2) is 0 Å². The number of halogens is 1. The quantitative estimate of drug-likeness (QED) is 0.279. The Morgan fingerprint density at radius 1 is 1.07 bits per heavy atom. The first-order valence-electron chi connectivity index (χ1n) is 13.9. The van der Waals surface area contributed by atoms with Crippen molar-refractivity contribution in [3.8, 4) is 0 Å². The van der Waals surface area contributed by atoms with Crippen molar-refractivity contribution in [2.24, 2.45) is 17.5 Å². The fourth-order valence-corrected chi connectivity index (χ4v) is 6.81. The maximum absolute atomic E-state index is 6.84. The maximum atomic E-state index is 6.84. The van der Waals surface area contributed by atoms with Crippen LogP contribution in [0.15, 0.2) is 106 Å². The Balaban J connectivity index is 1.26. The van der Waals surface area contributed by atoms with Crippen LogP contribution in [0.4, 0.5) is 11.5 Å². The topological polar surface area (TPSA) is 58.3 Å². The number of piperidine rings is 1. The second-order valence-electron chi connectivity index (χ2n) is 10.7. The number of pyridine rings is 1. The standard InChI is InChI=1S/C32H37ClN6S/c1-5-25(24(3)37-28-13-6-9-18-38(28)4)23(2)36-26-11-10-12-27(31(26)33)40-30-22-34-29(21-35-30)39-19-16-32(17-20-39)14-7-8-15-32/h5-6,9-13,18,21-22,36H,1-2,7-8,14-17,19-20H2,3-4H3/b25-24+,37-28-. The van der Waals surface area contributed by atoms with Crippen molar-refractivity contribution >= 4 is 34.9 Å². The summed E-state index contributed by atoms with van der Waals surface area (Å²) < 4.78 is 1.96. The number of benzene rings is 1. The Morgan fingerprint density at radius 2 is 1.85 bits per heavy atom. The molecular formula is C32H37ClN6S. The average molecular weight is 573 g/mol. The van der Waals surface area contributed by atoms with E-state index in [4.69, 9.17) is 26.6 Å². The van der Waals surface area contributed by atoms with E-state index in [-0.39, 0.29) is 0 Å². The van der Waals surface area contributed by atoms with Crippen LogP contribution in [0.3, 0.4) is 0 Å². The SMILES string of the molecule is C=C/C(C(=C)Nc1cccc(Sc2cnc(N3CCC4(CCCC4)CC3)cn2)c1Cl)=C(C)\N=c1\ccccn1C. The molecule has 3 aromatic rings. The molecule has 6 nitrogen and oxygen atoms in total. The summed E-state index contributed by atoms with van der Waals surface area (Å²) in [6, 6.07) is 11.8. The molecule has 1 saturated heterocycles. The van der Waals surface area contributed by atoms with Crippen molar-refractivity contribution in [2.45, 2.75) is 55.4 Å². The van der Waals surface area contributed by atoms with Crippen molar-refractivity contribution in [2.75, 3.05) is 23.3 Å². The zero-order valence-corrected chi connectivity index (χ0v) is 24.9. The van der Waals surface area contributed by atoms with Gasteiger partial charge in [0.05, 0.1) is 23.1 Å². The number of aromatic nitrogens is 3. The lowest BCUT2D eigenvalue weighted by Crippen LogP contribution is -2.39. The number of hydrogen-bond donors (Lipinski definition) is 1. The summed E-state index contributed by atoms with van der Waals surface area (Å²) in [5.41, 5.74) is 4.48. The van der Waals surface area contributed by atoms with E-state index in [2.05, 4.69) is 23.4 Å². The average Bonchev–Trinajstić information content (AvgIpc) is 3.41. The second-order valence-corrected chi connectivity index (χ2v) is 12.2. The van der Waals surface area contributed by atoms with Gasteiger partial charge in [-0.3, -0.25) is 0 Å². The van der Waals surface area contributed by atoms with Gasteiger partial charge in [0, 0.05) is 48.2 Å². The fourth-order valence-electron chi connectivity index (χ4n) is 5.74. The molecule has 1 aromatic carbocycles. The Morgan fingerprint density at radius 3 is 2.52 bits per heavy atom. The predicted octanol–water partition coefficient (Wildman–Crippen LogP) is 7.77. The second kappa shape index (κ2) is 12.5. The van der Waals surface area contributed by atoms with Gasteiger partial charge in [0.1, 0.15) is 16.3 Å². The molecule has 0 unspecified atom stereocenters. The summed E-state index contributed by atoms with van der Waals surface area (Å²) in [7, 11) is 1.96. The molecule has 3 heterocycles. The van der Waals surface area contributed by atoms with E-state index in [1.807, 2.05) is 73.5 Å². The molecule has 0 amide bonds. The maximum Gasteiger partial charge on any atom is 0.147 e.